The van der Waals surface area contributed by atoms with Gasteiger partial charge in [-0.3, -0.25) is 14.4 Å². The topological polar surface area (TPSA) is 78.5 Å². The minimum atomic E-state index is -0.348. The van der Waals surface area contributed by atoms with Crippen molar-refractivity contribution in [3.63, 3.8) is 0 Å². The summed E-state index contributed by atoms with van der Waals surface area (Å²) in [6, 6.07) is 6.52. The van der Waals surface area contributed by atoms with Crippen LogP contribution >= 0.6 is 0 Å². The third-order valence-electron chi connectivity index (χ3n) is 6.26. The van der Waals surface area contributed by atoms with Crippen molar-refractivity contribution in [3.8, 4) is 0 Å². The first kappa shape index (κ1) is 19.0. The molecule has 4 rings (SSSR count). The van der Waals surface area contributed by atoms with Crippen LogP contribution in [0.4, 0.5) is 5.69 Å². The van der Waals surface area contributed by atoms with Crippen molar-refractivity contribution in [2.75, 3.05) is 18.0 Å². The Hall–Kier alpha value is -2.37. The Morgan fingerprint density at radius 3 is 2.68 bits per heavy atom. The highest BCUT2D eigenvalue weighted by Crippen LogP contribution is 2.30. The fraction of sp³-hybridized carbons (Fsp3) is 0.591. The molecule has 6 heteroatoms. The van der Waals surface area contributed by atoms with E-state index in [1.54, 1.807) is 4.90 Å². The van der Waals surface area contributed by atoms with E-state index in [2.05, 4.69) is 22.8 Å². The summed E-state index contributed by atoms with van der Waals surface area (Å²) in [5.41, 5.74) is 3.60. The highest BCUT2D eigenvalue weighted by molar-refractivity contribution is 6.00. The number of carbonyl (C=O) groups is 3. The fourth-order valence-corrected chi connectivity index (χ4v) is 4.67. The molecule has 1 aromatic carbocycles. The minimum Gasteiger partial charge on any atom is -0.355 e. The summed E-state index contributed by atoms with van der Waals surface area (Å²) in [7, 11) is 0. The molecule has 3 aliphatic rings. The lowest BCUT2D eigenvalue weighted by Crippen LogP contribution is -2.37. The summed E-state index contributed by atoms with van der Waals surface area (Å²) < 4.78 is 0. The second-order valence-corrected chi connectivity index (χ2v) is 8.30. The van der Waals surface area contributed by atoms with Gasteiger partial charge in [-0.1, -0.05) is 18.9 Å². The van der Waals surface area contributed by atoms with Crippen molar-refractivity contribution in [2.24, 2.45) is 5.92 Å². The number of fused-ring (bicyclic) bond motifs is 1. The number of nitrogens with one attached hydrogen (secondary N) is 2. The van der Waals surface area contributed by atoms with Crippen LogP contribution in [0.15, 0.2) is 18.2 Å². The van der Waals surface area contributed by atoms with E-state index in [1.165, 1.54) is 30.4 Å². The van der Waals surface area contributed by atoms with Crippen LogP contribution in [0.1, 0.15) is 56.1 Å². The average Bonchev–Trinajstić information content (AvgIpc) is 3.41. The van der Waals surface area contributed by atoms with Crippen molar-refractivity contribution in [3.05, 3.63) is 29.3 Å². The number of amides is 3. The molecule has 150 valence electrons. The maximum Gasteiger partial charge on any atom is 0.227 e. The zero-order valence-electron chi connectivity index (χ0n) is 16.3. The number of nitrogens with zero attached hydrogens (tertiary/aromatic N) is 1. The van der Waals surface area contributed by atoms with E-state index in [1.807, 2.05) is 6.07 Å². The Morgan fingerprint density at radius 1 is 1.07 bits per heavy atom. The molecule has 28 heavy (non-hydrogen) atoms. The third-order valence-corrected chi connectivity index (χ3v) is 6.26. The summed E-state index contributed by atoms with van der Waals surface area (Å²) >= 11 is 0. The van der Waals surface area contributed by atoms with Crippen LogP contribution in [0.2, 0.25) is 0 Å². The number of rotatable bonds is 6. The van der Waals surface area contributed by atoms with Crippen LogP contribution in [0, 0.1) is 5.92 Å². The van der Waals surface area contributed by atoms with E-state index in [9.17, 15) is 14.4 Å². The van der Waals surface area contributed by atoms with Gasteiger partial charge in [0.05, 0.1) is 5.92 Å². The number of carbonyl (C=O) groups excluding carboxylic acids is 3. The van der Waals surface area contributed by atoms with Gasteiger partial charge in [0.2, 0.25) is 17.7 Å². The van der Waals surface area contributed by atoms with Crippen molar-refractivity contribution in [1.29, 1.82) is 0 Å². The normalized spacial score (nSPS) is 21.8. The summed E-state index contributed by atoms with van der Waals surface area (Å²) in [5.74, 6) is -0.490. The maximum absolute atomic E-state index is 12.5. The molecule has 2 aliphatic carbocycles. The van der Waals surface area contributed by atoms with E-state index in [0.29, 0.717) is 19.1 Å². The molecule has 1 saturated heterocycles. The van der Waals surface area contributed by atoms with E-state index in [-0.39, 0.29) is 36.5 Å². The Labute approximate surface area is 166 Å². The van der Waals surface area contributed by atoms with Crippen LogP contribution in [0.25, 0.3) is 0 Å². The molecule has 3 amide bonds. The van der Waals surface area contributed by atoms with Gasteiger partial charge in [0.15, 0.2) is 0 Å². The van der Waals surface area contributed by atoms with E-state index >= 15 is 0 Å². The summed E-state index contributed by atoms with van der Waals surface area (Å²) in [4.78, 5) is 38.6. The van der Waals surface area contributed by atoms with Gasteiger partial charge in [0, 0.05) is 37.7 Å². The first-order valence-corrected chi connectivity index (χ1v) is 10.6. The van der Waals surface area contributed by atoms with Crippen molar-refractivity contribution < 1.29 is 14.4 Å². The quantitative estimate of drug-likeness (QED) is 0.790. The summed E-state index contributed by atoms with van der Waals surface area (Å²) in [6.45, 7) is 0.735. The predicted molar refractivity (Wildman–Crippen MR) is 107 cm³/mol. The van der Waals surface area contributed by atoms with Crippen LogP contribution < -0.4 is 15.5 Å². The molecule has 1 unspecified atom stereocenters. The van der Waals surface area contributed by atoms with Crippen LogP contribution in [0.5, 0.6) is 0 Å². The summed E-state index contributed by atoms with van der Waals surface area (Å²) in [5, 5.41) is 5.86. The first-order chi connectivity index (χ1) is 13.6. The lowest BCUT2D eigenvalue weighted by Gasteiger charge is -2.18. The molecule has 1 aliphatic heterocycles. The number of benzene rings is 1. The third kappa shape index (κ3) is 4.21. The van der Waals surface area contributed by atoms with Crippen molar-refractivity contribution in [2.45, 2.75) is 63.8 Å². The SMILES string of the molecule is O=C(CCNC(=O)C1CC(=O)N(c2ccc3c(c2)CCC3)C1)NC1CCCC1. The molecule has 0 bridgehead atoms. The van der Waals surface area contributed by atoms with Crippen molar-refractivity contribution in [1.82, 2.24) is 10.6 Å². The van der Waals surface area contributed by atoms with E-state index < -0.39 is 0 Å². The van der Waals surface area contributed by atoms with E-state index in [4.69, 9.17) is 0 Å². The molecule has 1 atom stereocenters. The summed E-state index contributed by atoms with van der Waals surface area (Å²) in [6.07, 6.45) is 8.35. The lowest BCUT2D eigenvalue weighted by molar-refractivity contribution is -0.126. The first-order valence-electron chi connectivity index (χ1n) is 10.6. The molecule has 0 radical (unpaired) electrons. The van der Waals surface area contributed by atoms with Gasteiger partial charge in [-0.05, 0) is 55.4 Å². The van der Waals surface area contributed by atoms with Gasteiger partial charge >= 0.3 is 0 Å². The van der Waals surface area contributed by atoms with Crippen LogP contribution in [0.3, 0.4) is 0 Å². The van der Waals surface area contributed by atoms with Gasteiger partial charge in [0.25, 0.3) is 0 Å². The molecule has 1 saturated carbocycles. The van der Waals surface area contributed by atoms with Gasteiger partial charge in [0.1, 0.15) is 0 Å². The highest BCUT2D eigenvalue weighted by Gasteiger charge is 2.35. The molecule has 0 aromatic heterocycles. The lowest BCUT2D eigenvalue weighted by atomic mass is 10.1. The monoisotopic (exact) mass is 383 g/mol. The second kappa shape index (κ2) is 8.33. The number of hydrogen-bond acceptors (Lipinski definition) is 3. The second-order valence-electron chi connectivity index (χ2n) is 8.30. The highest BCUT2D eigenvalue weighted by atomic mass is 16.2. The molecule has 0 spiro atoms. The molecular formula is C22H29N3O3. The van der Waals surface area contributed by atoms with Gasteiger partial charge in [-0.25, -0.2) is 0 Å². The zero-order chi connectivity index (χ0) is 19.5. The van der Waals surface area contributed by atoms with Crippen LogP contribution in [-0.4, -0.2) is 36.9 Å². The minimum absolute atomic E-state index is 0.00271. The molecule has 1 heterocycles. The molecular weight excluding hydrogens is 354 g/mol. The number of hydrogen-bond donors (Lipinski definition) is 2. The molecule has 6 nitrogen and oxygen atoms in total. The van der Waals surface area contributed by atoms with Gasteiger partial charge in [-0.15, -0.1) is 0 Å². The van der Waals surface area contributed by atoms with Gasteiger partial charge in [-0.2, -0.15) is 0 Å². The molecule has 2 N–H and O–H groups in total. The Morgan fingerprint density at radius 2 is 1.86 bits per heavy atom. The Kier molecular flexibility index (Phi) is 5.64. The number of anilines is 1. The smallest absolute Gasteiger partial charge is 0.227 e. The Bertz CT molecular complexity index is 770. The predicted octanol–water partition coefficient (Wildman–Crippen LogP) is 2.09. The standard InChI is InChI=1S/C22H29N3O3/c26-20(24-18-6-1-2-7-18)10-11-23-22(28)17-13-21(27)25(14-17)19-9-8-15-4-3-5-16(15)12-19/h8-9,12,17-18H,1-7,10-11,13-14H2,(H,23,28)(H,24,26). The fourth-order valence-electron chi connectivity index (χ4n) is 4.67. The van der Waals surface area contributed by atoms with Crippen molar-refractivity contribution >= 4 is 23.4 Å². The van der Waals surface area contributed by atoms with Crippen LogP contribution in [-0.2, 0) is 27.2 Å². The average molecular weight is 383 g/mol. The zero-order valence-corrected chi connectivity index (χ0v) is 16.3. The van der Waals surface area contributed by atoms with Gasteiger partial charge < -0.3 is 15.5 Å². The molecule has 1 aromatic rings. The largest absolute Gasteiger partial charge is 0.355 e. The molecule has 2 fully saturated rings. The van der Waals surface area contributed by atoms with E-state index in [0.717, 1.165) is 31.4 Å². The number of aryl methyl sites for hydroxylation is 2. The Balaban J connectivity index is 1.25. The maximum atomic E-state index is 12.5.